The van der Waals surface area contributed by atoms with Gasteiger partial charge in [0.2, 0.25) is 0 Å². The molecule has 8 heteroatoms. The standard InChI is InChI=1S/C8H12F2N4O.ClH/c1-8(9,10)6-12-7(13-15-6)14-4-2-11-3-5-14;/h11H,2-5H2,1H3;1H. The maximum Gasteiger partial charge on any atom is 0.322 e. The van der Waals surface area contributed by atoms with Crippen LogP contribution in [0.15, 0.2) is 4.52 Å². The number of nitrogens with one attached hydrogen (secondary N) is 1. The minimum absolute atomic E-state index is 0. The van der Waals surface area contributed by atoms with Crippen LogP contribution in [0.2, 0.25) is 0 Å². The van der Waals surface area contributed by atoms with Crippen molar-refractivity contribution in [2.45, 2.75) is 12.8 Å². The van der Waals surface area contributed by atoms with E-state index in [9.17, 15) is 8.78 Å². The van der Waals surface area contributed by atoms with E-state index in [1.807, 2.05) is 4.90 Å². The van der Waals surface area contributed by atoms with Crippen molar-refractivity contribution in [3.8, 4) is 0 Å². The molecule has 1 aromatic heterocycles. The molecule has 2 heterocycles. The van der Waals surface area contributed by atoms with E-state index in [0.29, 0.717) is 13.1 Å². The summed E-state index contributed by atoms with van der Waals surface area (Å²) in [6.45, 7) is 3.74. The normalized spacial score (nSPS) is 17.1. The van der Waals surface area contributed by atoms with E-state index >= 15 is 0 Å². The van der Waals surface area contributed by atoms with Crippen LogP contribution in [-0.4, -0.2) is 36.3 Å². The highest BCUT2D eigenvalue weighted by molar-refractivity contribution is 5.85. The molecule has 0 aliphatic carbocycles. The van der Waals surface area contributed by atoms with Crippen molar-refractivity contribution in [1.29, 1.82) is 0 Å². The van der Waals surface area contributed by atoms with E-state index in [-0.39, 0.29) is 18.4 Å². The fraction of sp³-hybridized carbons (Fsp3) is 0.750. The lowest BCUT2D eigenvalue weighted by Crippen LogP contribution is -2.44. The summed E-state index contributed by atoms with van der Waals surface area (Å²) in [4.78, 5) is 5.49. The number of hydrogen-bond donors (Lipinski definition) is 1. The number of aromatic nitrogens is 2. The lowest BCUT2D eigenvalue weighted by molar-refractivity contribution is -0.0158. The lowest BCUT2D eigenvalue weighted by atomic mass is 10.4. The zero-order valence-electron chi connectivity index (χ0n) is 8.74. The Morgan fingerprint density at radius 1 is 1.38 bits per heavy atom. The first-order valence-corrected chi connectivity index (χ1v) is 4.75. The predicted molar refractivity (Wildman–Crippen MR) is 56.2 cm³/mol. The monoisotopic (exact) mass is 254 g/mol. The van der Waals surface area contributed by atoms with Gasteiger partial charge in [-0.2, -0.15) is 13.8 Å². The molecule has 0 radical (unpaired) electrons. The van der Waals surface area contributed by atoms with Crippen molar-refractivity contribution in [2.75, 3.05) is 31.1 Å². The van der Waals surface area contributed by atoms with Crippen LogP contribution in [-0.2, 0) is 5.92 Å². The van der Waals surface area contributed by atoms with E-state index < -0.39 is 11.8 Å². The molecule has 0 unspecified atom stereocenters. The summed E-state index contributed by atoms with van der Waals surface area (Å²) < 4.78 is 30.1. The average molecular weight is 255 g/mol. The van der Waals surface area contributed by atoms with Gasteiger partial charge < -0.3 is 14.7 Å². The Bertz CT molecular complexity index is 335. The SMILES string of the molecule is CC(F)(F)c1nc(N2CCNCC2)no1.Cl. The first kappa shape index (κ1) is 13.1. The van der Waals surface area contributed by atoms with Crippen LogP contribution in [0.3, 0.4) is 0 Å². The molecular formula is C8H13ClF2N4O. The van der Waals surface area contributed by atoms with Gasteiger partial charge in [0.15, 0.2) is 0 Å². The van der Waals surface area contributed by atoms with Gasteiger partial charge in [0.1, 0.15) is 0 Å². The van der Waals surface area contributed by atoms with Crippen molar-refractivity contribution in [2.24, 2.45) is 0 Å². The summed E-state index contributed by atoms with van der Waals surface area (Å²) in [7, 11) is 0. The first-order chi connectivity index (χ1) is 7.07. The third kappa shape index (κ3) is 2.79. The maximum atomic E-state index is 12.8. The highest BCUT2D eigenvalue weighted by Crippen LogP contribution is 2.26. The quantitative estimate of drug-likeness (QED) is 0.854. The molecule has 2 rings (SSSR count). The van der Waals surface area contributed by atoms with Gasteiger partial charge in [-0.15, -0.1) is 12.4 Å². The van der Waals surface area contributed by atoms with Crippen LogP contribution in [0.25, 0.3) is 0 Å². The van der Waals surface area contributed by atoms with E-state index in [0.717, 1.165) is 20.0 Å². The minimum atomic E-state index is -3.07. The third-order valence-electron chi connectivity index (χ3n) is 2.19. The smallest absolute Gasteiger partial charge is 0.322 e. The van der Waals surface area contributed by atoms with Crippen LogP contribution in [0, 0.1) is 0 Å². The summed E-state index contributed by atoms with van der Waals surface area (Å²) in [5, 5.41) is 6.68. The molecule has 0 atom stereocenters. The van der Waals surface area contributed by atoms with Gasteiger partial charge in [-0.1, -0.05) is 0 Å². The van der Waals surface area contributed by atoms with Gasteiger partial charge in [-0.25, -0.2) is 0 Å². The van der Waals surface area contributed by atoms with E-state index in [1.54, 1.807) is 0 Å². The largest absolute Gasteiger partial charge is 0.336 e. The molecule has 0 amide bonds. The Morgan fingerprint density at radius 3 is 2.50 bits per heavy atom. The number of rotatable bonds is 2. The second kappa shape index (κ2) is 4.92. The Kier molecular flexibility index (Phi) is 4.03. The molecule has 0 aromatic carbocycles. The molecular weight excluding hydrogens is 242 g/mol. The van der Waals surface area contributed by atoms with Gasteiger partial charge in [-0.05, 0) is 5.16 Å². The molecule has 1 aliphatic heterocycles. The zero-order chi connectivity index (χ0) is 10.9. The molecule has 1 aliphatic rings. The lowest BCUT2D eigenvalue weighted by Gasteiger charge is -2.25. The number of anilines is 1. The van der Waals surface area contributed by atoms with Gasteiger partial charge >= 0.3 is 5.92 Å². The molecule has 1 fully saturated rings. The molecule has 16 heavy (non-hydrogen) atoms. The molecule has 0 bridgehead atoms. The number of halogens is 3. The third-order valence-corrected chi connectivity index (χ3v) is 2.19. The van der Waals surface area contributed by atoms with Crippen LogP contribution < -0.4 is 10.2 Å². The molecule has 92 valence electrons. The van der Waals surface area contributed by atoms with Gasteiger partial charge in [0.05, 0.1) is 0 Å². The molecule has 1 aromatic rings. The fourth-order valence-electron chi connectivity index (χ4n) is 1.39. The van der Waals surface area contributed by atoms with Crippen LogP contribution >= 0.6 is 12.4 Å². The average Bonchev–Trinajstić information content (AvgIpc) is 2.67. The molecule has 0 saturated carbocycles. The number of alkyl halides is 2. The van der Waals surface area contributed by atoms with Crippen LogP contribution in [0.1, 0.15) is 12.8 Å². The Hall–Kier alpha value is -0.950. The Labute approximate surface area is 97.6 Å². The number of nitrogens with zero attached hydrogens (tertiary/aromatic N) is 3. The highest BCUT2D eigenvalue weighted by Gasteiger charge is 2.33. The van der Waals surface area contributed by atoms with Crippen molar-refractivity contribution in [1.82, 2.24) is 15.5 Å². The van der Waals surface area contributed by atoms with Crippen molar-refractivity contribution < 1.29 is 13.3 Å². The van der Waals surface area contributed by atoms with E-state index in [4.69, 9.17) is 0 Å². The molecule has 1 N–H and O–H groups in total. The van der Waals surface area contributed by atoms with Gasteiger partial charge in [0, 0.05) is 33.1 Å². The fourth-order valence-corrected chi connectivity index (χ4v) is 1.39. The van der Waals surface area contributed by atoms with Gasteiger partial charge in [-0.3, -0.25) is 0 Å². The highest BCUT2D eigenvalue weighted by atomic mass is 35.5. The second-order valence-corrected chi connectivity index (χ2v) is 3.52. The summed E-state index contributed by atoms with van der Waals surface area (Å²) in [5.74, 6) is -3.46. The van der Waals surface area contributed by atoms with Crippen molar-refractivity contribution in [3.63, 3.8) is 0 Å². The Morgan fingerprint density at radius 2 is 2.00 bits per heavy atom. The van der Waals surface area contributed by atoms with Gasteiger partial charge in [0.25, 0.3) is 11.8 Å². The molecule has 5 nitrogen and oxygen atoms in total. The summed E-state index contributed by atoms with van der Waals surface area (Å²) in [6.07, 6.45) is 0. The zero-order valence-corrected chi connectivity index (χ0v) is 9.56. The van der Waals surface area contributed by atoms with E-state index in [2.05, 4.69) is 20.0 Å². The maximum absolute atomic E-state index is 12.8. The first-order valence-electron chi connectivity index (χ1n) is 4.75. The number of piperazine rings is 1. The summed E-state index contributed by atoms with van der Waals surface area (Å²) in [5.41, 5.74) is 0. The van der Waals surface area contributed by atoms with Crippen molar-refractivity contribution in [3.05, 3.63) is 5.89 Å². The topological polar surface area (TPSA) is 54.2 Å². The van der Waals surface area contributed by atoms with Crippen molar-refractivity contribution >= 4 is 18.4 Å². The minimum Gasteiger partial charge on any atom is -0.336 e. The van der Waals surface area contributed by atoms with Crippen LogP contribution in [0.4, 0.5) is 14.7 Å². The number of hydrogen-bond acceptors (Lipinski definition) is 5. The summed E-state index contributed by atoms with van der Waals surface area (Å²) >= 11 is 0. The predicted octanol–water partition coefficient (Wildman–Crippen LogP) is 1.01. The molecule has 0 spiro atoms. The Balaban J connectivity index is 0.00000128. The second-order valence-electron chi connectivity index (χ2n) is 3.52. The van der Waals surface area contributed by atoms with Crippen LogP contribution in [0.5, 0.6) is 0 Å². The van der Waals surface area contributed by atoms with E-state index in [1.165, 1.54) is 0 Å². The molecule has 1 saturated heterocycles. The summed E-state index contributed by atoms with van der Waals surface area (Å²) in [6, 6.07) is 0.